The molecule has 176 valence electrons. The highest BCUT2D eigenvalue weighted by Crippen LogP contribution is 2.30. The maximum Gasteiger partial charge on any atom is 0.201 e. The van der Waals surface area contributed by atoms with Crippen molar-refractivity contribution in [3.63, 3.8) is 0 Å². The molecule has 0 unspecified atom stereocenters. The van der Waals surface area contributed by atoms with Crippen LogP contribution in [0.2, 0.25) is 5.02 Å². The van der Waals surface area contributed by atoms with Gasteiger partial charge in [-0.05, 0) is 51.2 Å². The highest BCUT2D eigenvalue weighted by Gasteiger charge is 2.28. The number of imidazole rings is 1. The van der Waals surface area contributed by atoms with Crippen LogP contribution in [0.5, 0.6) is 0 Å². The molecule has 0 saturated heterocycles. The zero-order valence-corrected chi connectivity index (χ0v) is 18.8. The van der Waals surface area contributed by atoms with E-state index in [1.165, 1.54) is 6.07 Å². The number of benzene rings is 2. The predicted octanol–water partition coefficient (Wildman–Crippen LogP) is 5.14. The average molecular weight is 481 g/mol. The van der Waals surface area contributed by atoms with E-state index in [9.17, 15) is 18.4 Å². The molecule has 11 heteroatoms. The van der Waals surface area contributed by atoms with E-state index in [-0.39, 0.29) is 45.3 Å². The summed E-state index contributed by atoms with van der Waals surface area (Å²) in [6, 6.07) is 4.46. The summed E-state index contributed by atoms with van der Waals surface area (Å²) in [7, 11) is 3.99. The van der Waals surface area contributed by atoms with Gasteiger partial charge in [0.25, 0.3) is 0 Å². The van der Waals surface area contributed by atoms with E-state index in [2.05, 4.69) is 20.2 Å². The number of nitrogens with zero attached hydrogens (tertiary/aromatic N) is 3. The van der Waals surface area contributed by atoms with Gasteiger partial charge in [0.05, 0.1) is 16.2 Å². The molecule has 3 aromatic rings. The Kier molecular flexibility index (Phi) is 6.51. The second-order valence-corrected chi connectivity index (χ2v) is 8.76. The first-order chi connectivity index (χ1) is 15.7. The molecule has 4 rings (SSSR count). The van der Waals surface area contributed by atoms with Gasteiger partial charge in [0.15, 0.2) is 17.5 Å². The maximum absolute atomic E-state index is 14.6. The molecule has 7 nitrogen and oxygen atoms in total. The highest BCUT2D eigenvalue weighted by atomic mass is 35.5. The lowest BCUT2D eigenvalue weighted by atomic mass is 9.90. The van der Waals surface area contributed by atoms with Crippen LogP contribution in [0, 0.1) is 22.9 Å². The van der Waals surface area contributed by atoms with E-state index in [4.69, 9.17) is 17.0 Å². The van der Waals surface area contributed by atoms with Crippen molar-refractivity contribution < 1.29 is 18.4 Å². The van der Waals surface area contributed by atoms with Gasteiger partial charge in [-0.25, -0.2) is 23.2 Å². The van der Waals surface area contributed by atoms with Crippen molar-refractivity contribution in [2.75, 3.05) is 24.5 Å². The fourth-order valence-electron chi connectivity index (χ4n) is 4.29. The number of H-pyrrole nitrogens is 1. The number of amidine groups is 1. The molecular formula is C22H24ClF3N6O. The third-order valence-electron chi connectivity index (χ3n) is 5.99. The fraction of sp³-hybridized carbons (Fsp3) is 0.364. The number of hydrogen-bond acceptors (Lipinski definition) is 5. The SMILES string of the molecule is CN(C)[C@H]1CCCC[C@@H]1Nc1nc2c(F)c(F)cc(C(=N)N(O)c3ccc(F)c(Cl)c3)c2[nH]1. The number of nitrogens with one attached hydrogen (secondary N) is 3. The molecule has 0 amide bonds. The molecule has 33 heavy (non-hydrogen) atoms. The Morgan fingerprint density at radius 1 is 1.18 bits per heavy atom. The number of hydrogen-bond donors (Lipinski definition) is 4. The van der Waals surface area contributed by atoms with Crippen LogP contribution >= 0.6 is 11.6 Å². The van der Waals surface area contributed by atoms with Crippen LogP contribution in [0.1, 0.15) is 31.2 Å². The Balaban J connectivity index is 1.70. The molecule has 1 heterocycles. The first-order valence-corrected chi connectivity index (χ1v) is 10.9. The fourth-order valence-corrected chi connectivity index (χ4v) is 4.47. The van der Waals surface area contributed by atoms with Crippen LogP contribution in [0.25, 0.3) is 11.0 Å². The van der Waals surface area contributed by atoms with Gasteiger partial charge in [0, 0.05) is 17.6 Å². The van der Waals surface area contributed by atoms with E-state index in [0.29, 0.717) is 5.06 Å². The van der Waals surface area contributed by atoms with E-state index in [1.807, 2.05) is 14.1 Å². The van der Waals surface area contributed by atoms with Gasteiger partial charge in [-0.15, -0.1) is 0 Å². The number of rotatable bonds is 5. The van der Waals surface area contributed by atoms with Crippen molar-refractivity contribution >= 4 is 40.1 Å². The number of anilines is 2. The van der Waals surface area contributed by atoms with E-state index in [1.54, 1.807) is 0 Å². The molecule has 0 bridgehead atoms. The summed E-state index contributed by atoms with van der Waals surface area (Å²) in [5.41, 5.74) is -0.385. The number of aromatic amines is 1. The zero-order chi connectivity index (χ0) is 23.9. The lowest BCUT2D eigenvalue weighted by Gasteiger charge is -2.36. The van der Waals surface area contributed by atoms with Gasteiger partial charge in [0.2, 0.25) is 5.95 Å². The predicted molar refractivity (Wildman–Crippen MR) is 122 cm³/mol. The minimum Gasteiger partial charge on any atom is -0.351 e. The lowest BCUT2D eigenvalue weighted by Crippen LogP contribution is -2.45. The molecule has 1 aliphatic rings. The summed E-state index contributed by atoms with van der Waals surface area (Å²) in [6.45, 7) is 0. The molecule has 0 spiro atoms. The first kappa shape index (κ1) is 23.3. The van der Waals surface area contributed by atoms with Crippen molar-refractivity contribution in [1.82, 2.24) is 14.9 Å². The first-order valence-electron chi connectivity index (χ1n) is 10.5. The Morgan fingerprint density at radius 2 is 1.91 bits per heavy atom. The Bertz CT molecular complexity index is 1200. The van der Waals surface area contributed by atoms with Crippen molar-refractivity contribution in [3.05, 3.63) is 52.3 Å². The Hall–Kier alpha value is -2.82. The minimum absolute atomic E-state index is 0.0156. The highest BCUT2D eigenvalue weighted by molar-refractivity contribution is 6.31. The standard InChI is InChI=1S/C22H24ClF3N6O/c1-31(2)17-6-4-3-5-16(17)28-22-29-19-12(10-15(25)18(26)20(19)30-22)21(27)32(33)11-7-8-14(24)13(23)9-11/h7-10,16-17,27,33H,3-6H2,1-2H3,(H2,28,29,30)/t16-,17-/m0/s1. The van der Waals surface area contributed by atoms with Gasteiger partial charge < -0.3 is 15.2 Å². The van der Waals surface area contributed by atoms with E-state index < -0.39 is 23.3 Å². The van der Waals surface area contributed by atoms with Crippen LogP contribution in [0.15, 0.2) is 24.3 Å². The van der Waals surface area contributed by atoms with Crippen LogP contribution < -0.4 is 10.4 Å². The Labute approximate surface area is 193 Å². The molecule has 4 N–H and O–H groups in total. The summed E-state index contributed by atoms with van der Waals surface area (Å²) in [6.07, 6.45) is 4.06. The average Bonchev–Trinajstić information content (AvgIpc) is 3.21. The van der Waals surface area contributed by atoms with Crippen LogP contribution in [0.3, 0.4) is 0 Å². The third kappa shape index (κ3) is 4.50. The summed E-state index contributed by atoms with van der Waals surface area (Å²) < 4.78 is 42.4. The van der Waals surface area contributed by atoms with Gasteiger partial charge in [-0.2, -0.15) is 0 Å². The van der Waals surface area contributed by atoms with Gasteiger partial charge >= 0.3 is 0 Å². The van der Waals surface area contributed by atoms with Crippen molar-refractivity contribution in [3.8, 4) is 0 Å². The monoisotopic (exact) mass is 480 g/mol. The number of aromatic nitrogens is 2. The summed E-state index contributed by atoms with van der Waals surface area (Å²) in [5, 5.41) is 22.3. The second-order valence-electron chi connectivity index (χ2n) is 8.35. The molecule has 0 radical (unpaired) electrons. The summed E-state index contributed by atoms with van der Waals surface area (Å²) in [4.78, 5) is 9.25. The zero-order valence-electron chi connectivity index (χ0n) is 18.1. The summed E-state index contributed by atoms with van der Waals surface area (Å²) in [5.74, 6) is -3.39. The van der Waals surface area contributed by atoms with Gasteiger partial charge in [-0.1, -0.05) is 24.4 Å². The smallest absolute Gasteiger partial charge is 0.201 e. The largest absolute Gasteiger partial charge is 0.351 e. The van der Waals surface area contributed by atoms with Crippen LogP contribution in [-0.4, -0.2) is 52.1 Å². The number of likely N-dealkylation sites (N-methyl/N-ethyl adjacent to an activating group) is 1. The van der Waals surface area contributed by atoms with E-state index >= 15 is 0 Å². The van der Waals surface area contributed by atoms with Gasteiger partial charge in [-0.3, -0.25) is 10.6 Å². The van der Waals surface area contributed by atoms with Crippen LogP contribution in [0.4, 0.5) is 24.8 Å². The van der Waals surface area contributed by atoms with Crippen molar-refractivity contribution in [1.29, 1.82) is 5.41 Å². The minimum atomic E-state index is -1.21. The maximum atomic E-state index is 14.6. The molecule has 1 aromatic heterocycles. The number of hydroxylamine groups is 1. The normalized spacial score (nSPS) is 18.7. The summed E-state index contributed by atoms with van der Waals surface area (Å²) >= 11 is 5.76. The molecule has 1 saturated carbocycles. The second kappa shape index (κ2) is 9.20. The van der Waals surface area contributed by atoms with Gasteiger partial charge in [0.1, 0.15) is 11.3 Å². The topological polar surface area (TPSA) is 91.3 Å². The quantitative estimate of drug-likeness (QED) is 0.230. The van der Waals surface area contributed by atoms with Crippen LogP contribution in [-0.2, 0) is 0 Å². The molecule has 1 fully saturated rings. The lowest BCUT2D eigenvalue weighted by molar-refractivity contribution is 0.211. The molecule has 2 atom stereocenters. The molecule has 1 aliphatic carbocycles. The third-order valence-corrected chi connectivity index (χ3v) is 6.28. The Morgan fingerprint density at radius 3 is 2.61 bits per heavy atom. The number of fused-ring (bicyclic) bond motifs is 1. The molecule has 2 aromatic carbocycles. The molecular weight excluding hydrogens is 457 g/mol. The van der Waals surface area contributed by atoms with Crippen molar-refractivity contribution in [2.45, 2.75) is 37.8 Å². The van der Waals surface area contributed by atoms with E-state index in [0.717, 1.165) is 43.9 Å². The molecule has 0 aliphatic heterocycles. The van der Waals surface area contributed by atoms with Crippen molar-refractivity contribution in [2.24, 2.45) is 0 Å². The number of halogens is 4.